The Bertz CT molecular complexity index is 444. The summed E-state index contributed by atoms with van der Waals surface area (Å²) in [6.45, 7) is 1.38. The van der Waals surface area contributed by atoms with E-state index in [1.807, 2.05) is 12.1 Å². The number of halogens is 1. The highest BCUT2D eigenvalue weighted by atomic mass is 79.9. The largest absolute Gasteiger partial charge is 0.365 e. The number of amides is 1. The molecule has 1 N–H and O–H groups in total. The molecule has 0 fully saturated rings. The average Bonchev–Trinajstić information content (AvgIpc) is 2.62. The number of aliphatic hydroxyl groups is 1. The molecule has 1 unspecified atom stereocenters. The molecular formula is C11H11BrN2O2. The third-order valence-electron chi connectivity index (χ3n) is 2.53. The number of carbonyl (C=O) groups excluding carboxylic acids is 1. The van der Waals surface area contributed by atoms with E-state index in [1.54, 1.807) is 18.3 Å². The van der Waals surface area contributed by atoms with E-state index in [4.69, 9.17) is 0 Å². The molecule has 0 aliphatic carbocycles. The molecule has 1 amide bonds. The van der Waals surface area contributed by atoms with Crippen LogP contribution in [0.4, 0.5) is 0 Å². The lowest BCUT2D eigenvalue weighted by Gasteiger charge is -2.30. The topological polar surface area (TPSA) is 52.9 Å². The Morgan fingerprint density at radius 1 is 1.50 bits per heavy atom. The molecule has 0 spiro atoms. The van der Waals surface area contributed by atoms with Crippen LogP contribution in [0.1, 0.15) is 18.9 Å². The van der Waals surface area contributed by atoms with Crippen LogP contribution >= 0.6 is 15.9 Å². The van der Waals surface area contributed by atoms with Gasteiger partial charge in [-0.1, -0.05) is 28.1 Å². The van der Waals surface area contributed by atoms with Crippen LogP contribution in [0.2, 0.25) is 0 Å². The summed E-state index contributed by atoms with van der Waals surface area (Å²) in [5.74, 6) is -0.279. The molecule has 0 bridgehead atoms. The first-order valence-electron chi connectivity index (χ1n) is 4.86. The Hall–Kier alpha value is -1.20. The van der Waals surface area contributed by atoms with Gasteiger partial charge in [0.2, 0.25) is 5.91 Å². The van der Waals surface area contributed by atoms with Gasteiger partial charge in [0.25, 0.3) is 0 Å². The fourth-order valence-corrected chi connectivity index (χ4v) is 1.99. The summed E-state index contributed by atoms with van der Waals surface area (Å²) in [5.41, 5.74) is -0.685. The van der Waals surface area contributed by atoms with Crippen molar-refractivity contribution in [2.24, 2.45) is 5.10 Å². The van der Waals surface area contributed by atoms with Gasteiger partial charge in [0, 0.05) is 29.6 Å². The Kier molecular flexibility index (Phi) is 2.82. The minimum Gasteiger partial charge on any atom is -0.365 e. The van der Waals surface area contributed by atoms with Crippen molar-refractivity contribution in [3.8, 4) is 0 Å². The van der Waals surface area contributed by atoms with Gasteiger partial charge in [-0.2, -0.15) is 10.1 Å². The van der Waals surface area contributed by atoms with Crippen molar-refractivity contribution >= 4 is 28.1 Å². The van der Waals surface area contributed by atoms with Crippen LogP contribution in [-0.2, 0) is 10.5 Å². The number of benzene rings is 1. The lowest BCUT2D eigenvalue weighted by atomic mass is 10.00. The summed E-state index contributed by atoms with van der Waals surface area (Å²) in [7, 11) is 0. The van der Waals surface area contributed by atoms with Crippen molar-refractivity contribution < 1.29 is 9.90 Å². The number of rotatable bonds is 1. The van der Waals surface area contributed by atoms with Crippen LogP contribution in [0.3, 0.4) is 0 Å². The molecule has 1 aromatic carbocycles. The van der Waals surface area contributed by atoms with Crippen LogP contribution in [-0.4, -0.2) is 22.2 Å². The summed E-state index contributed by atoms with van der Waals surface area (Å²) < 4.78 is 0.924. The van der Waals surface area contributed by atoms with Gasteiger partial charge in [0.1, 0.15) is 0 Å². The van der Waals surface area contributed by atoms with Gasteiger partial charge in [-0.05, 0) is 12.1 Å². The second-order valence-electron chi connectivity index (χ2n) is 3.66. The van der Waals surface area contributed by atoms with Gasteiger partial charge in [-0.3, -0.25) is 4.79 Å². The molecule has 16 heavy (non-hydrogen) atoms. The Labute approximate surface area is 102 Å². The van der Waals surface area contributed by atoms with E-state index in [9.17, 15) is 9.90 Å². The number of nitrogens with zero attached hydrogens (tertiary/aromatic N) is 2. The van der Waals surface area contributed by atoms with E-state index in [2.05, 4.69) is 21.0 Å². The molecule has 1 atom stereocenters. The van der Waals surface area contributed by atoms with E-state index in [0.717, 1.165) is 9.48 Å². The Morgan fingerprint density at radius 2 is 2.12 bits per heavy atom. The molecule has 4 nitrogen and oxygen atoms in total. The first kappa shape index (κ1) is 11.3. The van der Waals surface area contributed by atoms with Crippen LogP contribution in [0.5, 0.6) is 0 Å². The second kappa shape index (κ2) is 3.99. The van der Waals surface area contributed by atoms with Crippen molar-refractivity contribution in [2.75, 3.05) is 0 Å². The SMILES string of the molecule is CC(=O)N1N=CCC1(O)c1ccc(Br)cc1. The molecule has 0 saturated heterocycles. The first-order valence-corrected chi connectivity index (χ1v) is 5.65. The fourth-order valence-electron chi connectivity index (χ4n) is 1.73. The molecule has 0 aromatic heterocycles. The normalized spacial score (nSPS) is 23.8. The molecule has 5 heteroatoms. The van der Waals surface area contributed by atoms with Gasteiger partial charge >= 0.3 is 0 Å². The number of carbonyl (C=O) groups is 1. The summed E-state index contributed by atoms with van der Waals surface area (Å²) in [4.78, 5) is 11.3. The minimum absolute atomic E-state index is 0.279. The van der Waals surface area contributed by atoms with Crippen molar-refractivity contribution in [1.29, 1.82) is 0 Å². The van der Waals surface area contributed by atoms with Gasteiger partial charge in [0.05, 0.1) is 0 Å². The van der Waals surface area contributed by atoms with Crippen molar-refractivity contribution in [1.82, 2.24) is 5.01 Å². The van der Waals surface area contributed by atoms with Gasteiger partial charge in [-0.15, -0.1) is 0 Å². The van der Waals surface area contributed by atoms with Gasteiger partial charge in [0.15, 0.2) is 5.72 Å². The molecule has 84 valence electrons. The third kappa shape index (κ3) is 1.76. The standard InChI is InChI=1S/C11H11BrN2O2/c1-8(15)14-11(16,6-7-13-14)9-2-4-10(12)5-3-9/h2-5,7,16H,6H2,1H3. The molecule has 0 saturated carbocycles. The predicted octanol–water partition coefficient (Wildman–Crippen LogP) is 1.83. The molecule has 1 aromatic rings. The summed E-state index contributed by atoms with van der Waals surface area (Å²) in [6.07, 6.45) is 1.86. The number of hydrogen-bond acceptors (Lipinski definition) is 3. The maximum absolute atomic E-state index is 11.3. The summed E-state index contributed by atoms with van der Waals surface area (Å²) >= 11 is 3.32. The molecule has 1 aliphatic heterocycles. The number of hydrogen-bond donors (Lipinski definition) is 1. The maximum atomic E-state index is 11.3. The molecular weight excluding hydrogens is 272 g/mol. The lowest BCUT2D eigenvalue weighted by Crippen LogP contribution is -2.42. The third-order valence-corrected chi connectivity index (χ3v) is 3.06. The second-order valence-corrected chi connectivity index (χ2v) is 4.57. The summed E-state index contributed by atoms with van der Waals surface area (Å²) in [5, 5.41) is 15.4. The van der Waals surface area contributed by atoms with Crippen molar-refractivity contribution in [3.63, 3.8) is 0 Å². The minimum atomic E-state index is -1.34. The first-order chi connectivity index (χ1) is 7.54. The van der Waals surface area contributed by atoms with E-state index in [0.29, 0.717) is 12.0 Å². The average molecular weight is 283 g/mol. The molecule has 1 aliphatic rings. The highest BCUT2D eigenvalue weighted by Crippen LogP contribution is 2.33. The fraction of sp³-hybridized carbons (Fsp3) is 0.273. The van der Waals surface area contributed by atoms with Gasteiger partial charge in [-0.25, -0.2) is 0 Å². The molecule has 0 radical (unpaired) electrons. The maximum Gasteiger partial charge on any atom is 0.242 e. The quantitative estimate of drug-likeness (QED) is 0.855. The predicted molar refractivity (Wildman–Crippen MR) is 63.7 cm³/mol. The zero-order valence-electron chi connectivity index (χ0n) is 8.72. The van der Waals surface area contributed by atoms with Gasteiger partial charge < -0.3 is 5.11 Å². The van der Waals surface area contributed by atoms with Crippen LogP contribution in [0, 0.1) is 0 Å². The molecule has 1 heterocycles. The van der Waals surface area contributed by atoms with Crippen LogP contribution < -0.4 is 0 Å². The Balaban J connectivity index is 2.39. The Morgan fingerprint density at radius 3 is 2.69 bits per heavy atom. The zero-order chi connectivity index (χ0) is 11.8. The zero-order valence-corrected chi connectivity index (χ0v) is 10.3. The van der Waals surface area contributed by atoms with Crippen molar-refractivity contribution in [3.05, 3.63) is 34.3 Å². The van der Waals surface area contributed by atoms with E-state index < -0.39 is 5.72 Å². The van der Waals surface area contributed by atoms with Crippen LogP contribution in [0.25, 0.3) is 0 Å². The van der Waals surface area contributed by atoms with E-state index in [-0.39, 0.29) is 5.91 Å². The highest BCUT2D eigenvalue weighted by Gasteiger charge is 2.41. The van der Waals surface area contributed by atoms with Crippen LogP contribution in [0.15, 0.2) is 33.8 Å². The summed E-state index contributed by atoms with van der Waals surface area (Å²) in [6, 6.07) is 7.19. The number of hydrazone groups is 1. The monoisotopic (exact) mass is 282 g/mol. The van der Waals surface area contributed by atoms with E-state index >= 15 is 0 Å². The smallest absolute Gasteiger partial charge is 0.242 e. The highest BCUT2D eigenvalue weighted by molar-refractivity contribution is 9.10. The lowest BCUT2D eigenvalue weighted by molar-refractivity contribution is -0.155. The van der Waals surface area contributed by atoms with Crippen molar-refractivity contribution in [2.45, 2.75) is 19.1 Å². The molecule has 2 rings (SSSR count). The van der Waals surface area contributed by atoms with E-state index in [1.165, 1.54) is 6.92 Å².